The Morgan fingerprint density at radius 1 is 0.893 bits per heavy atom. The number of thiazole rings is 1. The molecule has 0 aliphatic carbocycles. The Balaban J connectivity index is 1.65. The zero-order valence-corrected chi connectivity index (χ0v) is 15.9. The van der Waals surface area contributed by atoms with Crippen LogP contribution in [0, 0.1) is 0 Å². The summed E-state index contributed by atoms with van der Waals surface area (Å²) in [7, 11) is 0. The molecule has 0 aliphatic rings. The summed E-state index contributed by atoms with van der Waals surface area (Å²) < 4.78 is 0. The largest absolute Gasteiger partial charge is 0.326 e. The zero-order chi connectivity index (χ0) is 19.9. The van der Waals surface area contributed by atoms with E-state index in [-0.39, 0.29) is 17.7 Å². The van der Waals surface area contributed by atoms with E-state index >= 15 is 0 Å². The molecular weight excluding hydrogens is 376 g/mol. The van der Waals surface area contributed by atoms with E-state index in [1.807, 2.05) is 0 Å². The predicted molar refractivity (Wildman–Crippen MR) is 110 cm³/mol. The fourth-order valence-electron chi connectivity index (χ4n) is 2.35. The van der Waals surface area contributed by atoms with Gasteiger partial charge >= 0.3 is 0 Å². The third kappa shape index (κ3) is 5.01. The number of nitrogens with zero attached hydrogens (tertiary/aromatic N) is 1. The molecule has 3 aromatic rings. The minimum Gasteiger partial charge on any atom is -0.326 e. The average Bonchev–Trinajstić information content (AvgIpc) is 3.21. The van der Waals surface area contributed by atoms with Gasteiger partial charge in [-0.05, 0) is 42.5 Å². The summed E-state index contributed by atoms with van der Waals surface area (Å²) in [5.41, 5.74) is 1.97. The number of carbonyl (C=O) groups excluding carboxylic acids is 3. The van der Waals surface area contributed by atoms with Crippen LogP contribution in [0.3, 0.4) is 0 Å². The van der Waals surface area contributed by atoms with Crippen molar-refractivity contribution in [3.8, 4) is 0 Å². The van der Waals surface area contributed by atoms with Crippen LogP contribution in [-0.4, -0.2) is 22.7 Å². The van der Waals surface area contributed by atoms with E-state index in [1.54, 1.807) is 67.0 Å². The SMILES string of the molecule is CCC(=O)Nc1ccc(C(=O)Nc2cccc(C(=O)Nc3nccs3)c2)cc1. The van der Waals surface area contributed by atoms with Crippen molar-refractivity contribution in [3.63, 3.8) is 0 Å². The standard InChI is InChI=1S/C20H18N4O3S/c1-2-17(25)22-15-8-6-13(7-9-15)18(26)23-16-5-3-4-14(12-16)19(27)24-20-21-10-11-28-20/h3-12H,2H2,1H3,(H,22,25)(H,23,26)(H,21,24,27). The smallest absolute Gasteiger partial charge is 0.257 e. The molecule has 142 valence electrons. The molecule has 3 rings (SSSR count). The summed E-state index contributed by atoms with van der Waals surface area (Å²) in [5, 5.41) is 10.5. The minimum atomic E-state index is -0.314. The molecule has 0 radical (unpaired) electrons. The van der Waals surface area contributed by atoms with Gasteiger partial charge in [-0.2, -0.15) is 0 Å². The first kappa shape index (κ1) is 19.2. The maximum Gasteiger partial charge on any atom is 0.257 e. The van der Waals surface area contributed by atoms with Crippen molar-refractivity contribution >= 4 is 45.6 Å². The summed E-state index contributed by atoms with van der Waals surface area (Å²) >= 11 is 1.33. The highest BCUT2D eigenvalue weighted by molar-refractivity contribution is 7.13. The lowest BCUT2D eigenvalue weighted by atomic mass is 10.1. The summed E-state index contributed by atoms with van der Waals surface area (Å²) in [5.74, 6) is -0.710. The molecule has 3 N–H and O–H groups in total. The molecule has 0 spiro atoms. The summed E-state index contributed by atoms with van der Waals surface area (Å²) in [4.78, 5) is 40.1. The first-order valence-corrected chi connectivity index (χ1v) is 9.45. The van der Waals surface area contributed by atoms with Crippen LogP contribution in [0.15, 0.2) is 60.1 Å². The van der Waals surface area contributed by atoms with Gasteiger partial charge in [-0.15, -0.1) is 11.3 Å². The van der Waals surface area contributed by atoms with Crippen molar-refractivity contribution < 1.29 is 14.4 Å². The van der Waals surface area contributed by atoms with Crippen LogP contribution in [0.4, 0.5) is 16.5 Å². The number of rotatable bonds is 6. The van der Waals surface area contributed by atoms with Crippen LogP contribution >= 0.6 is 11.3 Å². The molecule has 1 heterocycles. The quantitative estimate of drug-likeness (QED) is 0.588. The number of hydrogen-bond donors (Lipinski definition) is 3. The van der Waals surface area contributed by atoms with Crippen molar-refractivity contribution in [2.24, 2.45) is 0 Å². The lowest BCUT2D eigenvalue weighted by Crippen LogP contribution is -2.15. The van der Waals surface area contributed by atoms with E-state index < -0.39 is 0 Å². The third-order valence-corrected chi connectivity index (χ3v) is 4.48. The van der Waals surface area contributed by atoms with Gasteiger partial charge in [0.05, 0.1) is 0 Å². The van der Waals surface area contributed by atoms with Gasteiger partial charge in [0.1, 0.15) is 0 Å². The minimum absolute atomic E-state index is 0.0926. The maximum atomic E-state index is 12.4. The van der Waals surface area contributed by atoms with Gasteiger partial charge in [0.25, 0.3) is 11.8 Å². The van der Waals surface area contributed by atoms with Crippen LogP contribution in [0.25, 0.3) is 0 Å². The second kappa shape index (κ2) is 8.92. The molecule has 0 fully saturated rings. The number of carbonyl (C=O) groups is 3. The molecule has 3 amide bonds. The molecule has 0 saturated heterocycles. The molecule has 0 bridgehead atoms. The number of anilines is 3. The van der Waals surface area contributed by atoms with E-state index in [0.29, 0.717) is 34.1 Å². The van der Waals surface area contributed by atoms with Crippen molar-refractivity contribution in [1.29, 1.82) is 0 Å². The van der Waals surface area contributed by atoms with Gasteiger partial charge in [0, 0.05) is 40.5 Å². The van der Waals surface area contributed by atoms with Gasteiger partial charge in [0.15, 0.2) is 5.13 Å². The Morgan fingerprint density at radius 3 is 2.32 bits per heavy atom. The lowest BCUT2D eigenvalue weighted by Gasteiger charge is -2.08. The molecule has 7 nitrogen and oxygen atoms in total. The monoisotopic (exact) mass is 394 g/mol. The van der Waals surface area contributed by atoms with E-state index in [2.05, 4.69) is 20.9 Å². The molecule has 1 aromatic heterocycles. The molecule has 2 aromatic carbocycles. The molecular formula is C20H18N4O3S. The van der Waals surface area contributed by atoms with E-state index in [4.69, 9.17) is 0 Å². The maximum absolute atomic E-state index is 12.4. The zero-order valence-electron chi connectivity index (χ0n) is 15.1. The Labute approximate surface area is 165 Å². The second-order valence-electron chi connectivity index (χ2n) is 5.81. The normalized spacial score (nSPS) is 10.2. The van der Waals surface area contributed by atoms with Crippen LogP contribution in [0.5, 0.6) is 0 Å². The van der Waals surface area contributed by atoms with Gasteiger partial charge in [-0.25, -0.2) is 4.98 Å². The number of amides is 3. The van der Waals surface area contributed by atoms with Crippen molar-refractivity contribution in [2.75, 3.05) is 16.0 Å². The van der Waals surface area contributed by atoms with Crippen molar-refractivity contribution in [1.82, 2.24) is 4.98 Å². The van der Waals surface area contributed by atoms with Crippen molar-refractivity contribution in [3.05, 3.63) is 71.2 Å². The molecule has 28 heavy (non-hydrogen) atoms. The number of aromatic nitrogens is 1. The van der Waals surface area contributed by atoms with Crippen molar-refractivity contribution in [2.45, 2.75) is 13.3 Å². The Bertz CT molecular complexity index is 985. The Morgan fingerprint density at radius 2 is 1.64 bits per heavy atom. The lowest BCUT2D eigenvalue weighted by molar-refractivity contribution is -0.115. The van der Waals surface area contributed by atoms with E-state index in [1.165, 1.54) is 11.3 Å². The molecule has 0 aliphatic heterocycles. The van der Waals surface area contributed by atoms with E-state index in [0.717, 1.165) is 0 Å². The Kier molecular flexibility index (Phi) is 6.13. The van der Waals surface area contributed by atoms with Gasteiger partial charge in [0.2, 0.25) is 5.91 Å². The highest BCUT2D eigenvalue weighted by Crippen LogP contribution is 2.17. The van der Waals surface area contributed by atoms with Gasteiger partial charge < -0.3 is 10.6 Å². The topological polar surface area (TPSA) is 100 Å². The molecule has 0 saturated carbocycles. The third-order valence-electron chi connectivity index (χ3n) is 3.79. The number of nitrogens with one attached hydrogen (secondary N) is 3. The van der Waals surface area contributed by atoms with Crippen LogP contribution in [0.1, 0.15) is 34.1 Å². The second-order valence-corrected chi connectivity index (χ2v) is 6.70. The first-order chi connectivity index (χ1) is 13.5. The van der Waals surface area contributed by atoms with Gasteiger partial charge in [-0.3, -0.25) is 19.7 Å². The predicted octanol–water partition coefficient (Wildman–Crippen LogP) is 4.00. The fraction of sp³-hybridized carbons (Fsp3) is 0.100. The highest BCUT2D eigenvalue weighted by Gasteiger charge is 2.11. The van der Waals surface area contributed by atoms with Crippen LogP contribution in [0.2, 0.25) is 0 Å². The number of benzene rings is 2. The van der Waals surface area contributed by atoms with E-state index in [9.17, 15) is 14.4 Å². The summed E-state index contributed by atoms with van der Waals surface area (Å²) in [6.07, 6.45) is 1.99. The Hall–Kier alpha value is -3.52. The number of hydrogen-bond acceptors (Lipinski definition) is 5. The fourth-order valence-corrected chi connectivity index (χ4v) is 2.87. The molecule has 0 atom stereocenters. The van der Waals surface area contributed by atoms with Gasteiger partial charge in [-0.1, -0.05) is 13.0 Å². The van der Waals surface area contributed by atoms with Crippen LogP contribution < -0.4 is 16.0 Å². The van der Waals surface area contributed by atoms with Crippen LogP contribution in [-0.2, 0) is 4.79 Å². The summed E-state index contributed by atoms with van der Waals surface area (Å²) in [6.45, 7) is 1.77. The average molecular weight is 394 g/mol. The molecule has 8 heteroatoms. The molecule has 0 unspecified atom stereocenters. The first-order valence-electron chi connectivity index (χ1n) is 8.57. The summed E-state index contributed by atoms with van der Waals surface area (Å²) in [6, 6.07) is 13.2. The highest BCUT2D eigenvalue weighted by atomic mass is 32.1.